The molecule has 0 saturated heterocycles. The number of carbonyl (C=O) groups is 1. The van der Waals surface area contributed by atoms with Gasteiger partial charge >= 0.3 is 0 Å². The van der Waals surface area contributed by atoms with E-state index in [0.717, 1.165) is 25.8 Å². The van der Waals surface area contributed by atoms with Crippen LogP contribution in [0.5, 0.6) is 0 Å². The van der Waals surface area contributed by atoms with Gasteiger partial charge < -0.3 is 5.32 Å². The van der Waals surface area contributed by atoms with Gasteiger partial charge in [-0.05, 0) is 12.8 Å². The molecule has 0 aromatic rings. The van der Waals surface area contributed by atoms with Crippen LogP contribution in [-0.2, 0) is 4.79 Å². The molecular weight excluding hydrogens is 126 g/mol. The predicted octanol–water partition coefficient (Wildman–Crippen LogP) is 1.52. The lowest BCUT2D eigenvalue weighted by molar-refractivity contribution is -0.121. The van der Waals surface area contributed by atoms with E-state index >= 15 is 0 Å². The van der Waals surface area contributed by atoms with Gasteiger partial charge in [-0.1, -0.05) is 20.3 Å². The Balaban J connectivity index is 3.09. The fraction of sp³-hybridized carbons (Fsp3) is 0.750. The van der Waals surface area contributed by atoms with Crippen molar-refractivity contribution >= 4 is 5.91 Å². The number of hydrogen-bond acceptors (Lipinski definition) is 1. The first-order valence-corrected chi connectivity index (χ1v) is 3.87. The van der Waals surface area contributed by atoms with Crippen LogP contribution in [0.3, 0.4) is 0 Å². The van der Waals surface area contributed by atoms with Gasteiger partial charge in [-0.2, -0.15) is 0 Å². The SMILES string of the molecule is [CH2]CCCC(=O)NCCC. The molecule has 2 heteroatoms. The van der Waals surface area contributed by atoms with Crippen molar-refractivity contribution in [3.05, 3.63) is 6.92 Å². The average molecular weight is 142 g/mol. The maximum absolute atomic E-state index is 10.8. The number of carbonyl (C=O) groups excluding carboxylic acids is 1. The normalized spacial score (nSPS) is 9.40. The number of nitrogens with one attached hydrogen (secondary N) is 1. The summed E-state index contributed by atoms with van der Waals surface area (Å²) in [4.78, 5) is 10.8. The zero-order chi connectivity index (χ0) is 7.82. The van der Waals surface area contributed by atoms with Crippen LogP contribution in [-0.4, -0.2) is 12.5 Å². The van der Waals surface area contributed by atoms with Gasteiger partial charge in [-0.25, -0.2) is 0 Å². The van der Waals surface area contributed by atoms with E-state index in [2.05, 4.69) is 12.2 Å². The van der Waals surface area contributed by atoms with E-state index < -0.39 is 0 Å². The summed E-state index contributed by atoms with van der Waals surface area (Å²) < 4.78 is 0. The average Bonchev–Trinajstić information content (AvgIpc) is 1.97. The van der Waals surface area contributed by atoms with Crippen molar-refractivity contribution in [3.63, 3.8) is 0 Å². The van der Waals surface area contributed by atoms with Gasteiger partial charge in [-0.3, -0.25) is 4.79 Å². The van der Waals surface area contributed by atoms with Crippen LogP contribution < -0.4 is 5.32 Å². The quantitative estimate of drug-likeness (QED) is 0.619. The van der Waals surface area contributed by atoms with Crippen LogP contribution >= 0.6 is 0 Å². The molecule has 0 bridgehead atoms. The van der Waals surface area contributed by atoms with Crippen LogP contribution in [0.25, 0.3) is 0 Å². The van der Waals surface area contributed by atoms with Crippen molar-refractivity contribution in [1.82, 2.24) is 5.32 Å². The maximum Gasteiger partial charge on any atom is 0.219 e. The summed E-state index contributed by atoms with van der Waals surface area (Å²) >= 11 is 0. The first-order chi connectivity index (χ1) is 4.81. The first-order valence-electron chi connectivity index (χ1n) is 3.87. The topological polar surface area (TPSA) is 29.1 Å². The molecule has 1 amide bonds. The Labute approximate surface area is 63.0 Å². The molecular formula is C8H16NO. The summed E-state index contributed by atoms with van der Waals surface area (Å²) in [6, 6.07) is 0. The van der Waals surface area contributed by atoms with E-state index in [0.29, 0.717) is 6.42 Å². The Bertz CT molecular complexity index is 81.3. The molecule has 0 aliphatic rings. The Morgan fingerprint density at radius 2 is 2.30 bits per heavy atom. The molecule has 0 saturated carbocycles. The second kappa shape index (κ2) is 6.59. The third-order valence-electron chi connectivity index (χ3n) is 1.23. The summed E-state index contributed by atoms with van der Waals surface area (Å²) in [5, 5.41) is 2.80. The van der Waals surface area contributed by atoms with Crippen molar-refractivity contribution in [2.75, 3.05) is 6.54 Å². The number of unbranched alkanes of at least 4 members (excludes halogenated alkanes) is 1. The van der Waals surface area contributed by atoms with E-state index in [4.69, 9.17) is 0 Å². The highest BCUT2D eigenvalue weighted by molar-refractivity contribution is 5.75. The highest BCUT2D eigenvalue weighted by atomic mass is 16.1. The predicted molar refractivity (Wildman–Crippen MR) is 42.5 cm³/mol. The molecule has 0 fully saturated rings. The Kier molecular flexibility index (Phi) is 6.24. The zero-order valence-electron chi connectivity index (χ0n) is 6.65. The smallest absolute Gasteiger partial charge is 0.219 e. The molecule has 2 nitrogen and oxygen atoms in total. The molecule has 0 rings (SSSR count). The molecule has 0 unspecified atom stereocenters. The van der Waals surface area contributed by atoms with E-state index in [1.807, 2.05) is 6.92 Å². The molecule has 1 N–H and O–H groups in total. The molecule has 0 aliphatic heterocycles. The minimum atomic E-state index is 0.158. The van der Waals surface area contributed by atoms with Crippen molar-refractivity contribution in [1.29, 1.82) is 0 Å². The van der Waals surface area contributed by atoms with Crippen LogP contribution in [0.15, 0.2) is 0 Å². The summed E-state index contributed by atoms with van der Waals surface area (Å²) in [5.41, 5.74) is 0. The summed E-state index contributed by atoms with van der Waals surface area (Å²) in [7, 11) is 0. The van der Waals surface area contributed by atoms with Crippen LogP contribution in [0, 0.1) is 6.92 Å². The maximum atomic E-state index is 10.8. The Hall–Kier alpha value is -0.530. The van der Waals surface area contributed by atoms with Crippen molar-refractivity contribution in [2.45, 2.75) is 32.6 Å². The van der Waals surface area contributed by atoms with E-state index in [1.165, 1.54) is 0 Å². The van der Waals surface area contributed by atoms with Crippen molar-refractivity contribution in [3.8, 4) is 0 Å². The molecule has 59 valence electrons. The van der Waals surface area contributed by atoms with Gasteiger partial charge in [0.15, 0.2) is 0 Å². The van der Waals surface area contributed by atoms with Crippen LogP contribution in [0.4, 0.5) is 0 Å². The van der Waals surface area contributed by atoms with Crippen LogP contribution in [0.1, 0.15) is 32.6 Å². The highest BCUT2D eigenvalue weighted by Gasteiger charge is 1.96. The van der Waals surface area contributed by atoms with Gasteiger partial charge in [0.05, 0.1) is 0 Å². The summed E-state index contributed by atoms with van der Waals surface area (Å²) in [6.45, 7) is 6.50. The summed E-state index contributed by atoms with van der Waals surface area (Å²) in [5.74, 6) is 0.158. The molecule has 0 atom stereocenters. The molecule has 10 heavy (non-hydrogen) atoms. The second-order valence-corrected chi connectivity index (χ2v) is 2.31. The zero-order valence-corrected chi connectivity index (χ0v) is 6.65. The molecule has 0 aliphatic carbocycles. The number of hydrogen-bond donors (Lipinski definition) is 1. The molecule has 0 aromatic heterocycles. The third-order valence-corrected chi connectivity index (χ3v) is 1.23. The standard InChI is InChI=1S/C8H16NO/c1-3-5-6-8(10)9-7-4-2/h1,3-7H2,2H3,(H,9,10). The van der Waals surface area contributed by atoms with Crippen molar-refractivity contribution in [2.24, 2.45) is 0 Å². The highest BCUT2D eigenvalue weighted by Crippen LogP contribution is 1.92. The van der Waals surface area contributed by atoms with Crippen LogP contribution in [0.2, 0.25) is 0 Å². The Morgan fingerprint density at radius 1 is 1.60 bits per heavy atom. The summed E-state index contributed by atoms with van der Waals surface area (Å²) in [6.07, 6.45) is 3.38. The lowest BCUT2D eigenvalue weighted by atomic mass is 10.2. The molecule has 0 spiro atoms. The van der Waals surface area contributed by atoms with E-state index in [-0.39, 0.29) is 5.91 Å². The first kappa shape index (κ1) is 9.47. The second-order valence-electron chi connectivity index (χ2n) is 2.31. The van der Waals surface area contributed by atoms with E-state index in [9.17, 15) is 4.79 Å². The minimum absolute atomic E-state index is 0.158. The Morgan fingerprint density at radius 3 is 2.80 bits per heavy atom. The van der Waals surface area contributed by atoms with Gasteiger partial charge in [0.25, 0.3) is 0 Å². The molecule has 0 aromatic carbocycles. The minimum Gasteiger partial charge on any atom is -0.356 e. The fourth-order valence-corrected chi connectivity index (χ4v) is 0.638. The molecule has 0 heterocycles. The lowest BCUT2D eigenvalue weighted by Gasteiger charge is -2.00. The van der Waals surface area contributed by atoms with Crippen molar-refractivity contribution < 1.29 is 4.79 Å². The third kappa shape index (κ3) is 5.60. The van der Waals surface area contributed by atoms with Gasteiger partial charge in [0.1, 0.15) is 0 Å². The largest absolute Gasteiger partial charge is 0.356 e. The number of rotatable bonds is 5. The number of amides is 1. The van der Waals surface area contributed by atoms with Gasteiger partial charge in [0.2, 0.25) is 5.91 Å². The fourth-order valence-electron chi connectivity index (χ4n) is 0.638. The molecule has 1 radical (unpaired) electrons. The van der Waals surface area contributed by atoms with Gasteiger partial charge in [-0.15, -0.1) is 0 Å². The van der Waals surface area contributed by atoms with Gasteiger partial charge in [0, 0.05) is 13.0 Å². The lowest BCUT2D eigenvalue weighted by Crippen LogP contribution is -2.23. The monoisotopic (exact) mass is 142 g/mol. The van der Waals surface area contributed by atoms with E-state index in [1.54, 1.807) is 0 Å².